The van der Waals surface area contributed by atoms with Crippen molar-refractivity contribution in [1.82, 2.24) is 9.78 Å². The van der Waals surface area contributed by atoms with Gasteiger partial charge in [-0.15, -0.1) is 0 Å². The summed E-state index contributed by atoms with van der Waals surface area (Å²) in [6.45, 7) is 6.73. The van der Waals surface area contributed by atoms with Crippen LogP contribution in [0.5, 0.6) is 0 Å². The minimum atomic E-state index is 0.0486. The molecule has 1 aromatic heterocycles. The van der Waals surface area contributed by atoms with Gasteiger partial charge in [-0.2, -0.15) is 5.10 Å². The van der Waals surface area contributed by atoms with E-state index in [0.29, 0.717) is 6.42 Å². The Bertz CT molecular complexity index is 396. The first-order chi connectivity index (χ1) is 7.11. The van der Waals surface area contributed by atoms with Crippen LogP contribution in [-0.2, 0) is 11.3 Å². The zero-order chi connectivity index (χ0) is 11.0. The molecule has 1 atom stereocenters. The van der Waals surface area contributed by atoms with Crippen molar-refractivity contribution in [2.75, 3.05) is 10.6 Å². The topological polar surface area (TPSA) is 59.0 Å². The van der Waals surface area contributed by atoms with Gasteiger partial charge in [0.05, 0.1) is 5.69 Å². The standard InChI is InChI=1S/C10H16N4O/c1-4-14-10-9(7(3)13-14)12-8(15)5-6(2)11-10/h6,11H,4-5H2,1-3H3,(H,12,15). The number of nitrogens with one attached hydrogen (secondary N) is 2. The summed E-state index contributed by atoms with van der Waals surface area (Å²) in [6.07, 6.45) is 0.498. The van der Waals surface area contributed by atoms with Crippen molar-refractivity contribution in [2.45, 2.75) is 39.8 Å². The lowest BCUT2D eigenvalue weighted by atomic mass is 10.2. The van der Waals surface area contributed by atoms with E-state index in [4.69, 9.17) is 0 Å². The zero-order valence-corrected chi connectivity index (χ0v) is 9.29. The highest BCUT2D eigenvalue weighted by Crippen LogP contribution is 2.29. The molecule has 0 aliphatic carbocycles. The monoisotopic (exact) mass is 208 g/mol. The minimum Gasteiger partial charge on any atom is -0.366 e. The molecule has 5 heteroatoms. The second-order valence-corrected chi connectivity index (χ2v) is 3.92. The van der Waals surface area contributed by atoms with Crippen molar-refractivity contribution in [3.05, 3.63) is 5.69 Å². The average Bonchev–Trinajstić information content (AvgIpc) is 2.37. The van der Waals surface area contributed by atoms with Crippen LogP contribution in [0, 0.1) is 6.92 Å². The van der Waals surface area contributed by atoms with Gasteiger partial charge in [0.1, 0.15) is 11.5 Å². The summed E-state index contributed by atoms with van der Waals surface area (Å²) in [7, 11) is 0. The van der Waals surface area contributed by atoms with E-state index >= 15 is 0 Å². The lowest BCUT2D eigenvalue weighted by Gasteiger charge is -2.11. The number of aromatic nitrogens is 2. The van der Waals surface area contributed by atoms with Gasteiger partial charge in [-0.05, 0) is 20.8 Å². The van der Waals surface area contributed by atoms with E-state index < -0.39 is 0 Å². The van der Waals surface area contributed by atoms with Gasteiger partial charge in [0, 0.05) is 19.0 Å². The molecule has 1 unspecified atom stereocenters. The molecule has 1 amide bonds. The molecule has 2 rings (SSSR count). The summed E-state index contributed by atoms with van der Waals surface area (Å²) < 4.78 is 1.88. The van der Waals surface area contributed by atoms with Crippen LogP contribution < -0.4 is 10.6 Å². The molecule has 2 heterocycles. The Kier molecular flexibility index (Phi) is 2.38. The van der Waals surface area contributed by atoms with Crippen molar-refractivity contribution in [3.8, 4) is 0 Å². The molecule has 0 saturated heterocycles. The number of anilines is 2. The second-order valence-electron chi connectivity index (χ2n) is 3.92. The summed E-state index contributed by atoms with van der Waals surface area (Å²) in [5.41, 5.74) is 1.69. The number of amides is 1. The maximum atomic E-state index is 11.5. The van der Waals surface area contributed by atoms with Gasteiger partial charge >= 0.3 is 0 Å². The highest BCUT2D eigenvalue weighted by molar-refractivity contribution is 5.96. The molecular weight excluding hydrogens is 192 g/mol. The molecule has 1 aliphatic rings. The Balaban J connectivity index is 2.47. The number of hydrogen-bond donors (Lipinski definition) is 2. The van der Waals surface area contributed by atoms with E-state index in [1.54, 1.807) is 0 Å². The molecule has 0 bridgehead atoms. The van der Waals surface area contributed by atoms with E-state index in [9.17, 15) is 4.79 Å². The highest BCUT2D eigenvalue weighted by Gasteiger charge is 2.23. The molecular formula is C10H16N4O. The van der Waals surface area contributed by atoms with Gasteiger partial charge in [-0.1, -0.05) is 0 Å². The van der Waals surface area contributed by atoms with Crippen LogP contribution in [0.25, 0.3) is 0 Å². The SMILES string of the molecule is CCn1nc(C)c2c1NC(C)CC(=O)N2. The number of nitrogens with zero attached hydrogens (tertiary/aromatic N) is 2. The van der Waals surface area contributed by atoms with Crippen LogP contribution in [0.3, 0.4) is 0 Å². The van der Waals surface area contributed by atoms with Crippen LogP contribution in [0.1, 0.15) is 26.0 Å². The summed E-state index contributed by atoms with van der Waals surface area (Å²) >= 11 is 0. The Labute approximate surface area is 88.8 Å². The van der Waals surface area contributed by atoms with E-state index in [1.165, 1.54) is 0 Å². The Morgan fingerprint density at radius 1 is 1.60 bits per heavy atom. The fraction of sp³-hybridized carbons (Fsp3) is 0.600. The molecule has 0 aromatic carbocycles. The second kappa shape index (κ2) is 3.56. The number of carbonyl (C=O) groups is 1. The highest BCUT2D eigenvalue weighted by atomic mass is 16.1. The number of aryl methyl sites for hydroxylation is 2. The maximum absolute atomic E-state index is 11.5. The maximum Gasteiger partial charge on any atom is 0.226 e. The largest absolute Gasteiger partial charge is 0.366 e. The normalized spacial score (nSPS) is 20.2. The minimum absolute atomic E-state index is 0.0486. The summed E-state index contributed by atoms with van der Waals surface area (Å²) in [4.78, 5) is 11.5. The third-order valence-corrected chi connectivity index (χ3v) is 2.57. The lowest BCUT2D eigenvalue weighted by molar-refractivity contribution is -0.116. The summed E-state index contributed by atoms with van der Waals surface area (Å²) in [5, 5.41) is 10.6. The van der Waals surface area contributed by atoms with Crippen molar-refractivity contribution in [3.63, 3.8) is 0 Å². The predicted octanol–water partition coefficient (Wildman–Crippen LogP) is 1.35. The van der Waals surface area contributed by atoms with Gasteiger partial charge in [0.25, 0.3) is 0 Å². The van der Waals surface area contributed by atoms with Crippen molar-refractivity contribution >= 4 is 17.4 Å². The van der Waals surface area contributed by atoms with Gasteiger partial charge in [0.15, 0.2) is 0 Å². The molecule has 0 fully saturated rings. The van der Waals surface area contributed by atoms with Gasteiger partial charge in [-0.25, -0.2) is 4.68 Å². The molecule has 82 valence electrons. The number of fused-ring (bicyclic) bond motifs is 1. The van der Waals surface area contributed by atoms with Crippen LogP contribution >= 0.6 is 0 Å². The Morgan fingerprint density at radius 2 is 2.33 bits per heavy atom. The fourth-order valence-corrected chi connectivity index (χ4v) is 1.86. The van der Waals surface area contributed by atoms with E-state index in [0.717, 1.165) is 23.7 Å². The number of rotatable bonds is 1. The number of carbonyl (C=O) groups excluding carboxylic acids is 1. The van der Waals surface area contributed by atoms with Crippen molar-refractivity contribution in [1.29, 1.82) is 0 Å². The molecule has 15 heavy (non-hydrogen) atoms. The quantitative estimate of drug-likeness (QED) is 0.732. The predicted molar refractivity (Wildman–Crippen MR) is 59.0 cm³/mol. The summed E-state index contributed by atoms with van der Waals surface area (Å²) in [6, 6.07) is 0.146. The van der Waals surface area contributed by atoms with Gasteiger partial charge < -0.3 is 10.6 Å². The molecule has 0 radical (unpaired) electrons. The van der Waals surface area contributed by atoms with E-state index in [1.807, 2.05) is 25.5 Å². The van der Waals surface area contributed by atoms with Crippen molar-refractivity contribution < 1.29 is 4.79 Å². The van der Waals surface area contributed by atoms with Gasteiger partial charge in [-0.3, -0.25) is 4.79 Å². The molecule has 2 N–H and O–H groups in total. The third-order valence-electron chi connectivity index (χ3n) is 2.57. The van der Waals surface area contributed by atoms with E-state index in [-0.39, 0.29) is 11.9 Å². The molecule has 0 spiro atoms. The smallest absolute Gasteiger partial charge is 0.226 e. The number of hydrogen-bond acceptors (Lipinski definition) is 3. The zero-order valence-electron chi connectivity index (χ0n) is 9.29. The van der Waals surface area contributed by atoms with Crippen LogP contribution in [0.2, 0.25) is 0 Å². The van der Waals surface area contributed by atoms with E-state index in [2.05, 4.69) is 15.7 Å². The molecule has 1 aliphatic heterocycles. The first kappa shape index (κ1) is 10.0. The third kappa shape index (κ3) is 1.69. The first-order valence-electron chi connectivity index (χ1n) is 5.25. The van der Waals surface area contributed by atoms with Crippen LogP contribution in [0.4, 0.5) is 11.5 Å². The fourth-order valence-electron chi connectivity index (χ4n) is 1.86. The van der Waals surface area contributed by atoms with Gasteiger partial charge in [0.2, 0.25) is 5.91 Å². The lowest BCUT2D eigenvalue weighted by Crippen LogP contribution is -2.20. The van der Waals surface area contributed by atoms with Crippen molar-refractivity contribution in [2.24, 2.45) is 0 Å². The molecule has 1 aromatic rings. The Hall–Kier alpha value is -1.52. The Morgan fingerprint density at radius 3 is 3.00 bits per heavy atom. The first-order valence-corrected chi connectivity index (χ1v) is 5.25. The van der Waals surface area contributed by atoms with Crippen LogP contribution in [0.15, 0.2) is 0 Å². The summed E-state index contributed by atoms with van der Waals surface area (Å²) in [5.74, 6) is 0.973. The average molecular weight is 208 g/mol. The molecule has 0 saturated carbocycles. The van der Waals surface area contributed by atoms with Crippen LogP contribution in [-0.4, -0.2) is 21.7 Å². The molecule has 5 nitrogen and oxygen atoms in total.